The highest BCUT2D eigenvalue weighted by Gasteiger charge is 2.19. The van der Waals surface area contributed by atoms with Crippen LogP contribution in [0.25, 0.3) is 0 Å². The molecule has 3 N–H and O–H groups in total. The van der Waals surface area contributed by atoms with E-state index in [2.05, 4.69) is 11.9 Å². The van der Waals surface area contributed by atoms with Gasteiger partial charge in [-0.15, -0.1) is 0 Å². The lowest BCUT2D eigenvalue weighted by Crippen LogP contribution is -2.31. The van der Waals surface area contributed by atoms with Gasteiger partial charge in [-0.3, -0.25) is 4.79 Å². The standard InChI is InChI=1S/C14H18Cl2N2O2S/c1-9(12(14(17)19)5-6-20-21-2)18-8-10-3-4-11(15)7-13(10)16/h3-4,7,12,18H,1,5-6,8H2,2H3,(H2,17,19). The van der Waals surface area contributed by atoms with E-state index in [1.165, 1.54) is 12.0 Å². The maximum Gasteiger partial charge on any atom is 0.226 e. The summed E-state index contributed by atoms with van der Waals surface area (Å²) in [5, 5.41) is 4.22. The van der Waals surface area contributed by atoms with Crippen molar-refractivity contribution in [2.45, 2.75) is 13.0 Å². The average Bonchev–Trinajstić information content (AvgIpc) is 2.42. The lowest BCUT2D eigenvalue weighted by atomic mass is 10.0. The Morgan fingerprint density at radius 3 is 2.81 bits per heavy atom. The van der Waals surface area contributed by atoms with E-state index in [9.17, 15) is 4.79 Å². The van der Waals surface area contributed by atoms with E-state index >= 15 is 0 Å². The van der Waals surface area contributed by atoms with Gasteiger partial charge in [0.2, 0.25) is 5.91 Å². The second-order valence-electron chi connectivity index (χ2n) is 4.35. The highest BCUT2D eigenvalue weighted by atomic mass is 35.5. The lowest BCUT2D eigenvalue weighted by molar-refractivity contribution is -0.121. The highest BCUT2D eigenvalue weighted by Crippen LogP contribution is 2.21. The Bertz CT molecular complexity index is 512. The summed E-state index contributed by atoms with van der Waals surface area (Å²) >= 11 is 13.2. The molecule has 0 fully saturated rings. The first-order valence-electron chi connectivity index (χ1n) is 6.27. The van der Waals surface area contributed by atoms with Gasteiger partial charge in [0, 0.05) is 28.5 Å². The molecule has 1 unspecified atom stereocenters. The van der Waals surface area contributed by atoms with E-state index < -0.39 is 11.8 Å². The summed E-state index contributed by atoms with van der Waals surface area (Å²) in [5.41, 5.74) is 6.81. The van der Waals surface area contributed by atoms with E-state index in [4.69, 9.17) is 33.1 Å². The first-order valence-corrected chi connectivity index (χ1v) is 8.17. The van der Waals surface area contributed by atoms with Crippen molar-refractivity contribution in [3.8, 4) is 0 Å². The van der Waals surface area contributed by atoms with Gasteiger partial charge in [0.25, 0.3) is 0 Å². The highest BCUT2D eigenvalue weighted by molar-refractivity contribution is 7.93. The fourth-order valence-corrected chi connectivity index (χ4v) is 2.47. The minimum Gasteiger partial charge on any atom is -0.384 e. The van der Waals surface area contributed by atoms with E-state index in [1.807, 2.05) is 12.3 Å². The third kappa shape index (κ3) is 6.18. The molecule has 0 aliphatic carbocycles. The summed E-state index contributed by atoms with van der Waals surface area (Å²) in [4.78, 5) is 11.5. The van der Waals surface area contributed by atoms with Crippen LogP contribution in [0.1, 0.15) is 12.0 Å². The topological polar surface area (TPSA) is 64.3 Å². The zero-order valence-corrected chi connectivity index (χ0v) is 14.0. The number of hydrogen-bond donors (Lipinski definition) is 2. The molecule has 0 saturated carbocycles. The molecule has 116 valence electrons. The molecule has 0 aliphatic rings. The van der Waals surface area contributed by atoms with Crippen molar-refractivity contribution in [3.05, 3.63) is 46.1 Å². The number of halogens is 2. The fraction of sp³-hybridized carbons (Fsp3) is 0.357. The number of benzene rings is 1. The Labute approximate surface area is 139 Å². The van der Waals surface area contributed by atoms with Gasteiger partial charge < -0.3 is 15.2 Å². The van der Waals surface area contributed by atoms with Crippen LogP contribution in [-0.2, 0) is 15.5 Å². The first kappa shape index (κ1) is 18.2. The molecular formula is C14H18Cl2N2O2S. The smallest absolute Gasteiger partial charge is 0.226 e. The summed E-state index contributed by atoms with van der Waals surface area (Å²) in [6, 6.07) is 5.24. The van der Waals surface area contributed by atoms with Crippen LogP contribution < -0.4 is 11.1 Å². The number of carbonyl (C=O) groups is 1. The third-order valence-electron chi connectivity index (χ3n) is 2.89. The molecule has 1 aromatic rings. The van der Waals surface area contributed by atoms with Crippen LogP contribution in [-0.4, -0.2) is 18.8 Å². The maximum atomic E-state index is 11.5. The molecule has 4 nitrogen and oxygen atoms in total. The number of rotatable bonds is 9. The fourth-order valence-electron chi connectivity index (χ4n) is 1.73. The Kier molecular flexibility index (Phi) is 7.96. The number of primary amides is 1. The predicted octanol–water partition coefficient (Wildman–Crippen LogP) is 3.38. The van der Waals surface area contributed by atoms with Gasteiger partial charge in [-0.2, -0.15) is 0 Å². The zero-order valence-electron chi connectivity index (χ0n) is 11.7. The van der Waals surface area contributed by atoms with Crippen molar-refractivity contribution < 1.29 is 8.98 Å². The van der Waals surface area contributed by atoms with Gasteiger partial charge in [-0.1, -0.05) is 35.8 Å². The van der Waals surface area contributed by atoms with E-state index in [0.717, 1.165) is 5.56 Å². The van der Waals surface area contributed by atoms with Crippen molar-refractivity contribution in [2.75, 3.05) is 12.9 Å². The van der Waals surface area contributed by atoms with Crippen molar-refractivity contribution in [1.82, 2.24) is 5.32 Å². The average molecular weight is 349 g/mol. The molecule has 0 aromatic heterocycles. The van der Waals surface area contributed by atoms with Crippen LogP contribution in [0.15, 0.2) is 30.5 Å². The maximum absolute atomic E-state index is 11.5. The summed E-state index contributed by atoms with van der Waals surface area (Å²) < 4.78 is 5.16. The van der Waals surface area contributed by atoms with Gasteiger partial charge in [0.1, 0.15) is 0 Å². The lowest BCUT2D eigenvalue weighted by Gasteiger charge is -2.18. The van der Waals surface area contributed by atoms with Gasteiger partial charge in [0.05, 0.1) is 12.5 Å². The van der Waals surface area contributed by atoms with Gasteiger partial charge in [0.15, 0.2) is 0 Å². The number of nitrogens with two attached hydrogens (primary N) is 1. The molecule has 21 heavy (non-hydrogen) atoms. The van der Waals surface area contributed by atoms with Crippen molar-refractivity contribution >= 4 is 41.2 Å². The van der Waals surface area contributed by atoms with Gasteiger partial charge >= 0.3 is 0 Å². The summed E-state index contributed by atoms with van der Waals surface area (Å²) in [6.07, 6.45) is 2.30. The van der Waals surface area contributed by atoms with Crippen molar-refractivity contribution in [1.29, 1.82) is 0 Å². The Hall–Kier alpha value is -0.880. The monoisotopic (exact) mass is 348 g/mol. The first-order chi connectivity index (χ1) is 9.95. The second kappa shape index (κ2) is 9.20. The number of carbonyl (C=O) groups excluding carboxylic acids is 1. The summed E-state index contributed by atoms with van der Waals surface area (Å²) in [6.45, 7) is 4.75. The molecule has 1 atom stereocenters. The SMILES string of the molecule is C=C(NCc1ccc(Cl)cc1Cl)C(CCOSC)C(N)=O. The minimum atomic E-state index is -0.483. The zero-order chi connectivity index (χ0) is 15.8. The summed E-state index contributed by atoms with van der Waals surface area (Å²) in [5.74, 6) is -0.914. The molecule has 1 aromatic carbocycles. The normalized spacial score (nSPS) is 12.0. The molecule has 1 amide bonds. The second-order valence-corrected chi connectivity index (χ2v) is 5.76. The van der Waals surface area contributed by atoms with Crippen LogP contribution in [0.4, 0.5) is 0 Å². The predicted molar refractivity (Wildman–Crippen MR) is 89.2 cm³/mol. The van der Waals surface area contributed by atoms with E-state index in [-0.39, 0.29) is 0 Å². The number of nitrogens with one attached hydrogen (secondary N) is 1. The van der Waals surface area contributed by atoms with Gasteiger partial charge in [-0.05, 0) is 36.2 Å². The minimum absolute atomic E-state index is 0.428. The molecule has 0 aliphatic heterocycles. The number of amides is 1. The van der Waals surface area contributed by atoms with Crippen LogP contribution in [0.2, 0.25) is 10.0 Å². The molecule has 0 saturated heterocycles. The number of hydrogen-bond acceptors (Lipinski definition) is 4. The Balaban J connectivity index is 2.58. The van der Waals surface area contributed by atoms with E-state index in [1.54, 1.807) is 12.1 Å². The van der Waals surface area contributed by atoms with Crippen LogP contribution >= 0.6 is 35.2 Å². The Morgan fingerprint density at radius 2 is 2.24 bits per heavy atom. The van der Waals surface area contributed by atoms with E-state index in [0.29, 0.717) is 35.3 Å². The van der Waals surface area contributed by atoms with Crippen molar-refractivity contribution in [3.63, 3.8) is 0 Å². The molecule has 0 bridgehead atoms. The Morgan fingerprint density at radius 1 is 1.52 bits per heavy atom. The molecule has 0 heterocycles. The van der Waals surface area contributed by atoms with Gasteiger partial charge in [-0.25, -0.2) is 0 Å². The molecule has 1 rings (SSSR count). The molecule has 7 heteroatoms. The van der Waals surface area contributed by atoms with Crippen LogP contribution in [0.3, 0.4) is 0 Å². The molecule has 0 radical (unpaired) electrons. The molecular weight excluding hydrogens is 331 g/mol. The quantitative estimate of drug-likeness (QED) is 0.530. The third-order valence-corrected chi connectivity index (χ3v) is 3.88. The molecule has 0 spiro atoms. The largest absolute Gasteiger partial charge is 0.384 e. The van der Waals surface area contributed by atoms with Crippen molar-refractivity contribution in [2.24, 2.45) is 11.7 Å². The summed E-state index contributed by atoms with van der Waals surface area (Å²) in [7, 11) is 0. The van der Waals surface area contributed by atoms with Crippen LogP contribution in [0.5, 0.6) is 0 Å². The van der Waals surface area contributed by atoms with Crippen LogP contribution in [0, 0.1) is 5.92 Å².